The average molecular weight is 961 g/mol. The minimum Gasteiger partial charge on any atom is -0.462 e. The summed E-state index contributed by atoms with van der Waals surface area (Å²) >= 11 is 0. The van der Waals surface area contributed by atoms with Gasteiger partial charge in [-0.3, -0.25) is 18.6 Å². The van der Waals surface area contributed by atoms with Gasteiger partial charge in [0.2, 0.25) is 0 Å². The number of aliphatic hydroxyl groups excluding tert-OH is 5. The van der Waals surface area contributed by atoms with E-state index in [2.05, 4.69) is 38.2 Å². The van der Waals surface area contributed by atoms with Crippen LogP contribution in [-0.4, -0.2) is 98.3 Å². The van der Waals surface area contributed by atoms with Crippen molar-refractivity contribution in [2.75, 3.05) is 13.2 Å². The molecule has 388 valence electrons. The molecule has 0 aliphatic heterocycles. The summed E-state index contributed by atoms with van der Waals surface area (Å²) in [4.78, 5) is 35.9. The minimum atomic E-state index is -5.12. The first kappa shape index (κ1) is 62.3. The van der Waals surface area contributed by atoms with Gasteiger partial charge < -0.3 is 39.9 Å². The van der Waals surface area contributed by atoms with Crippen molar-refractivity contribution in [1.82, 2.24) is 0 Å². The fraction of sp³-hybridized carbons (Fsp3) is 0.885. The summed E-state index contributed by atoms with van der Waals surface area (Å²) in [5.41, 5.74) is 0. The second-order valence-electron chi connectivity index (χ2n) is 18.7. The third-order valence-electron chi connectivity index (χ3n) is 12.5. The molecule has 0 spiro atoms. The number of phosphoric acid groups is 1. The van der Waals surface area contributed by atoms with Crippen LogP contribution in [0.4, 0.5) is 0 Å². The number of phosphoric ester groups is 1. The lowest BCUT2D eigenvalue weighted by atomic mass is 9.85. The molecule has 14 heteroatoms. The van der Waals surface area contributed by atoms with E-state index in [0.29, 0.717) is 12.8 Å². The summed E-state index contributed by atoms with van der Waals surface area (Å²) in [7, 11) is -5.12. The van der Waals surface area contributed by atoms with Crippen molar-refractivity contribution in [2.45, 2.75) is 281 Å². The van der Waals surface area contributed by atoms with Gasteiger partial charge in [-0.25, -0.2) is 4.57 Å². The quantitative estimate of drug-likeness (QED) is 0.0145. The molecule has 0 bridgehead atoms. The van der Waals surface area contributed by atoms with E-state index in [9.17, 15) is 44.6 Å². The van der Waals surface area contributed by atoms with E-state index >= 15 is 0 Å². The topological polar surface area (TPSA) is 210 Å². The molecule has 1 fully saturated rings. The molecule has 0 saturated heterocycles. The molecule has 0 aromatic carbocycles. The van der Waals surface area contributed by atoms with Gasteiger partial charge >= 0.3 is 19.8 Å². The number of esters is 2. The molecule has 6 N–H and O–H groups in total. The fourth-order valence-corrected chi connectivity index (χ4v) is 9.23. The van der Waals surface area contributed by atoms with Gasteiger partial charge in [-0.2, -0.15) is 0 Å². The van der Waals surface area contributed by atoms with Crippen LogP contribution < -0.4 is 0 Å². The number of carbonyl (C=O) groups is 2. The van der Waals surface area contributed by atoms with Crippen LogP contribution in [0.25, 0.3) is 0 Å². The molecule has 13 nitrogen and oxygen atoms in total. The van der Waals surface area contributed by atoms with Crippen molar-refractivity contribution >= 4 is 19.8 Å². The zero-order chi connectivity index (χ0) is 48.5. The summed E-state index contributed by atoms with van der Waals surface area (Å²) in [5, 5.41) is 50.3. The number of hydrogen-bond donors (Lipinski definition) is 6. The summed E-state index contributed by atoms with van der Waals surface area (Å²) < 4.78 is 33.7. The van der Waals surface area contributed by atoms with Crippen LogP contribution in [0.5, 0.6) is 0 Å². The molecule has 0 heterocycles. The first-order valence-corrected chi connectivity index (χ1v) is 28.1. The zero-order valence-corrected chi connectivity index (χ0v) is 42.4. The van der Waals surface area contributed by atoms with Crippen molar-refractivity contribution in [1.29, 1.82) is 0 Å². The number of unbranched alkanes of at least 4 members (excludes halogenated alkanes) is 29. The van der Waals surface area contributed by atoms with Crippen LogP contribution in [0, 0.1) is 0 Å². The molecule has 1 saturated carbocycles. The van der Waals surface area contributed by atoms with E-state index in [0.717, 1.165) is 77.0 Å². The van der Waals surface area contributed by atoms with E-state index in [1.54, 1.807) is 0 Å². The lowest BCUT2D eigenvalue weighted by molar-refractivity contribution is -0.220. The highest BCUT2D eigenvalue weighted by molar-refractivity contribution is 7.47. The molecule has 0 aromatic heterocycles. The molecule has 0 aromatic rings. The second-order valence-corrected chi connectivity index (χ2v) is 20.1. The van der Waals surface area contributed by atoms with Gasteiger partial charge in [-0.15, -0.1) is 0 Å². The zero-order valence-electron chi connectivity index (χ0n) is 41.5. The maximum Gasteiger partial charge on any atom is 0.472 e. The lowest BCUT2D eigenvalue weighted by Gasteiger charge is -2.41. The van der Waals surface area contributed by atoms with E-state index in [1.165, 1.54) is 122 Å². The van der Waals surface area contributed by atoms with Crippen LogP contribution in [-0.2, 0) is 32.7 Å². The first-order chi connectivity index (χ1) is 31.9. The molecular weight excluding hydrogens is 864 g/mol. The Balaban J connectivity index is 2.37. The molecule has 0 radical (unpaired) electrons. The molecule has 6 unspecified atom stereocenters. The molecule has 1 aliphatic rings. The second kappa shape index (κ2) is 42.2. The molecule has 1 rings (SSSR count). The fourth-order valence-electron chi connectivity index (χ4n) is 8.26. The van der Waals surface area contributed by atoms with Gasteiger partial charge in [0.25, 0.3) is 0 Å². The lowest BCUT2D eigenvalue weighted by Crippen LogP contribution is -2.64. The monoisotopic (exact) mass is 961 g/mol. The molecule has 1 aliphatic carbocycles. The molecule has 6 atom stereocenters. The maximum absolute atomic E-state index is 12.9. The Morgan fingerprint density at radius 1 is 0.470 bits per heavy atom. The standard InChI is InChI=1S/C52H97O13P/c1-3-5-7-9-11-13-15-17-19-21-22-23-25-26-28-30-32-34-36-38-40-45(53)62-42-44(43-63-66(60,61)65-52-50(58)48(56)47(55)49(57)51(52)59)64-46(54)41-39-37-35-33-31-29-27-24-20-18-16-14-12-10-8-6-4-2/h12,14,18,20,44,47-52,55-59H,3-11,13,15-17,19,21-43H2,1-2H3,(H,60,61)/b14-12-,20-18-. The number of allylic oxidation sites excluding steroid dienone is 4. The van der Waals surface area contributed by atoms with Gasteiger partial charge in [-0.05, 0) is 44.9 Å². The summed E-state index contributed by atoms with van der Waals surface area (Å²) in [6, 6.07) is 0. The van der Waals surface area contributed by atoms with Crippen LogP contribution in [0.15, 0.2) is 24.3 Å². The number of aliphatic hydroxyl groups is 5. The van der Waals surface area contributed by atoms with Crippen molar-refractivity contribution in [2.24, 2.45) is 0 Å². The van der Waals surface area contributed by atoms with Crippen molar-refractivity contribution in [3.8, 4) is 0 Å². The Kier molecular flexibility index (Phi) is 39.9. The van der Waals surface area contributed by atoms with Gasteiger partial charge in [-0.1, -0.05) is 205 Å². The van der Waals surface area contributed by atoms with Gasteiger partial charge in [0.15, 0.2) is 6.10 Å². The smallest absolute Gasteiger partial charge is 0.462 e. The Labute approximate surface area is 400 Å². The number of ether oxygens (including phenoxy) is 2. The van der Waals surface area contributed by atoms with E-state index in [1.807, 2.05) is 0 Å². The van der Waals surface area contributed by atoms with Crippen molar-refractivity contribution in [3.63, 3.8) is 0 Å². The van der Waals surface area contributed by atoms with Gasteiger partial charge in [0.05, 0.1) is 6.61 Å². The molecule has 0 amide bonds. The van der Waals surface area contributed by atoms with Gasteiger partial charge in [0.1, 0.15) is 43.2 Å². The van der Waals surface area contributed by atoms with Crippen molar-refractivity contribution in [3.05, 3.63) is 24.3 Å². The van der Waals surface area contributed by atoms with Crippen LogP contribution in [0.2, 0.25) is 0 Å². The highest BCUT2D eigenvalue weighted by Crippen LogP contribution is 2.47. The Morgan fingerprint density at radius 3 is 1.26 bits per heavy atom. The Hall–Kier alpha value is -1.67. The highest BCUT2D eigenvalue weighted by atomic mass is 31.2. The Morgan fingerprint density at radius 2 is 0.818 bits per heavy atom. The largest absolute Gasteiger partial charge is 0.472 e. The number of carbonyl (C=O) groups excluding carboxylic acids is 2. The van der Waals surface area contributed by atoms with E-state index < -0.39 is 75.7 Å². The SMILES string of the molecule is CCCCC/C=C\C/C=C\CCCCCCCCCC(=O)OC(COC(=O)CCCCCCCCCCCCCCCCCCCCCC)COP(=O)(O)OC1C(O)C(O)C(O)C(O)C1O. The summed E-state index contributed by atoms with van der Waals surface area (Å²) in [5.74, 6) is -1.10. The summed E-state index contributed by atoms with van der Waals surface area (Å²) in [6.07, 6.45) is 35.1. The van der Waals surface area contributed by atoms with Gasteiger partial charge in [0, 0.05) is 12.8 Å². The molecular formula is C52H97O13P. The van der Waals surface area contributed by atoms with E-state index in [-0.39, 0.29) is 12.8 Å². The molecule has 66 heavy (non-hydrogen) atoms. The highest BCUT2D eigenvalue weighted by Gasteiger charge is 2.51. The van der Waals surface area contributed by atoms with Crippen LogP contribution >= 0.6 is 7.82 Å². The first-order valence-electron chi connectivity index (χ1n) is 26.6. The van der Waals surface area contributed by atoms with E-state index in [4.69, 9.17) is 18.5 Å². The predicted molar refractivity (Wildman–Crippen MR) is 263 cm³/mol. The summed E-state index contributed by atoms with van der Waals surface area (Å²) in [6.45, 7) is 3.31. The number of hydrogen-bond acceptors (Lipinski definition) is 12. The third kappa shape index (κ3) is 33.8. The maximum atomic E-state index is 12.9. The number of rotatable bonds is 45. The van der Waals surface area contributed by atoms with Crippen LogP contribution in [0.3, 0.4) is 0 Å². The normalized spacial score (nSPS) is 21.4. The van der Waals surface area contributed by atoms with Crippen LogP contribution in [0.1, 0.15) is 239 Å². The third-order valence-corrected chi connectivity index (χ3v) is 13.5. The van der Waals surface area contributed by atoms with Crippen molar-refractivity contribution < 1.29 is 63.1 Å². The average Bonchev–Trinajstić information content (AvgIpc) is 3.30. The predicted octanol–water partition coefficient (Wildman–Crippen LogP) is 11.6. The minimum absolute atomic E-state index is 0.0908. The Bertz CT molecular complexity index is 1250.